The molecular formula is C44H54N2OS. The van der Waals surface area contributed by atoms with E-state index < -0.39 is 0 Å². The van der Waals surface area contributed by atoms with Crippen LogP contribution in [0.3, 0.4) is 0 Å². The lowest BCUT2D eigenvalue weighted by molar-refractivity contribution is 0.0793. The van der Waals surface area contributed by atoms with Gasteiger partial charge in [0.05, 0.1) is 6.04 Å². The van der Waals surface area contributed by atoms with Gasteiger partial charge in [-0.2, -0.15) is 0 Å². The summed E-state index contributed by atoms with van der Waals surface area (Å²) in [5.41, 5.74) is 10.4. The number of thioether (sulfide) groups is 1. The van der Waals surface area contributed by atoms with Crippen molar-refractivity contribution in [1.29, 1.82) is 0 Å². The van der Waals surface area contributed by atoms with Crippen molar-refractivity contribution in [3.63, 3.8) is 0 Å². The number of hydrogen-bond acceptors (Lipinski definition) is 4. The molecule has 2 aromatic carbocycles. The van der Waals surface area contributed by atoms with Gasteiger partial charge in [-0.25, -0.2) is 0 Å². The van der Waals surface area contributed by atoms with E-state index in [1.807, 2.05) is 0 Å². The Hall–Kier alpha value is -3.05. The van der Waals surface area contributed by atoms with E-state index in [-0.39, 0.29) is 6.61 Å². The normalized spacial score (nSPS) is 27.4. The molecule has 0 amide bonds. The fourth-order valence-corrected chi connectivity index (χ4v) is 11.2. The fourth-order valence-electron chi connectivity index (χ4n) is 9.49. The Labute approximate surface area is 293 Å². The van der Waals surface area contributed by atoms with Gasteiger partial charge in [0.1, 0.15) is 0 Å². The number of aliphatic hydroxyl groups excluding tert-OH is 1. The molecule has 48 heavy (non-hydrogen) atoms. The molecule has 0 saturated heterocycles. The molecule has 2 aromatic rings. The van der Waals surface area contributed by atoms with Crippen LogP contribution in [0.5, 0.6) is 0 Å². The molecule has 0 saturated carbocycles. The van der Waals surface area contributed by atoms with Gasteiger partial charge in [0, 0.05) is 34.8 Å². The maximum absolute atomic E-state index is 10.2. The summed E-state index contributed by atoms with van der Waals surface area (Å²) in [7, 11) is 2.31. The molecule has 0 spiro atoms. The Kier molecular flexibility index (Phi) is 10.3. The van der Waals surface area contributed by atoms with Gasteiger partial charge in [-0.1, -0.05) is 104 Å². The Morgan fingerprint density at radius 3 is 2.77 bits per heavy atom. The third-order valence-electron chi connectivity index (χ3n) is 12.0. The van der Waals surface area contributed by atoms with Crippen LogP contribution in [0.4, 0.5) is 0 Å². The van der Waals surface area contributed by atoms with Crippen LogP contribution in [0.2, 0.25) is 0 Å². The number of nitrogens with zero attached hydrogens (tertiary/aromatic N) is 2. The highest BCUT2D eigenvalue weighted by molar-refractivity contribution is 8.00. The second-order valence-electron chi connectivity index (χ2n) is 14.6. The highest BCUT2D eigenvalue weighted by atomic mass is 32.2. The summed E-state index contributed by atoms with van der Waals surface area (Å²) in [5.74, 6) is 1.29. The molecular weight excluding hydrogens is 605 g/mol. The minimum atomic E-state index is 0.217. The number of hydrogen-bond donors (Lipinski definition) is 1. The molecule has 7 rings (SSSR count). The summed E-state index contributed by atoms with van der Waals surface area (Å²) in [4.78, 5) is 6.87. The number of benzene rings is 2. The van der Waals surface area contributed by atoms with Gasteiger partial charge in [-0.05, 0) is 124 Å². The first-order valence-electron chi connectivity index (χ1n) is 18.5. The first-order valence-corrected chi connectivity index (χ1v) is 19.4. The second-order valence-corrected chi connectivity index (χ2v) is 15.8. The molecule has 0 fully saturated rings. The first kappa shape index (κ1) is 33.4. The quantitative estimate of drug-likeness (QED) is 0.192. The lowest BCUT2D eigenvalue weighted by atomic mass is 9.68. The van der Waals surface area contributed by atoms with E-state index in [1.54, 1.807) is 16.7 Å². The van der Waals surface area contributed by atoms with Crippen molar-refractivity contribution in [2.75, 3.05) is 20.2 Å². The van der Waals surface area contributed by atoms with Gasteiger partial charge in [0.25, 0.3) is 0 Å². The highest BCUT2D eigenvalue weighted by Crippen LogP contribution is 2.58. The molecule has 5 aliphatic rings. The van der Waals surface area contributed by atoms with E-state index in [9.17, 15) is 5.11 Å². The van der Waals surface area contributed by atoms with Gasteiger partial charge in [-0.15, -0.1) is 11.8 Å². The minimum absolute atomic E-state index is 0.217. The van der Waals surface area contributed by atoms with Crippen LogP contribution in [0.25, 0.3) is 5.57 Å². The number of aliphatic hydroxyl groups is 1. The summed E-state index contributed by atoms with van der Waals surface area (Å²) in [6.07, 6.45) is 25.2. The standard InChI is InChI=1S/C44H54N2OS/c1-5-13-30(3)26-39(45(4)6-2)40-28-35-19-21-38-37-20-18-33(31-14-9-7-10-15-31)29-42(37)48-44(38)43(35)41-27-34(22-24-46(40)41)36(23-25-47)32-16-11-8-12-17-32/h5,8-9,11-18,20,22,24,29,34,36,38-41,44,47H,3,6-7,10,19,21,23,25-28H2,1-2,4H3/b13-5-. The molecule has 4 heteroatoms. The number of fused-ring (bicyclic) bond motifs is 6. The smallest absolute Gasteiger partial charge is 0.0520 e. The average molecular weight is 659 g/mol. The van der Waals surface area contributed by atoms with Crippen molar-refractivity contribution < 1.29 is 5.11 Å². The van der Waals surface area contributed by atoms with Crippen LogP contribution in [-0.2, 0) is 0 Å². The average Bonchev–Trinajstić information content (AvgIpc) is 3.51. The van der Waals surface area contributed by atoms with Crippen LogP contribution in [0.1, 0.15) is 93.7 Å². The molecule has 0 aromatic heterocycles. The van der Waals surface area contributed by atoms with E-state index in [4.69, 9.17) is 0 Å². The summed E-state index contributed by atoms with van der Waals surface area (Å²) in [5, 5.41) is 10.7. The van der Waals surface area contributed by atoms with Gasteiger partial charge >= 0.3 is 0 Å². The van der Waals surface area contributed by atoms with Crippen LogP contribution in [-0.4, -0.2) is 58.5 Å². The van der Waals surface area contributed by atoms with Crippen molar-refractivity contribution in [3.8, 4) is 0 Å². The third kappa shape index (κ3) is 6.49. The molecule has 252 valence electrons. The minimum Gasteiger partial charge on any atom is -0.396 e. The number of allylic oxidation sites excluding steroid dienone is 7. The molecule has 0 bridgehead atoms. The maximum atomic E-state index is 10.2. The van der Waals surface area contributed by atoms with Crippen molar-refractivity contribution in [1.82, 2.24) is 9.80 Å². The Bertz CT molecular complexity index is 1630. The molecule has 7 unspecified atom stereocenters. The van der Waals surface area contributed by atoms with Crippen LogP contribution in [0, 0.1) is 5.92 Å². The van der Waals surface area contributed by atoms with Crippen LogP contribution < -0.4 is 0 Å². The number of likely N-dealkylation sites (N-methyl/N-ethyl adjacent to an activating group) is 1. The van der Waals surface area contributed by atoms with Crippen molar-refractivity contribution in [2.45, 2.75) is 105 Å². The molecule has 0 radical (unpaired) electrons. The topological polar surface area (TPSA) is 26.7 Å². The van der Waals surface area contributed by atoms with E-state index in [2.05, 4.69) is 140 Å². The van der Waals surface area contributed by atoms with E-state index in [0.29, 0.717) is 41.1 Å². The Morgan fingerprint density at radius 2 is 2.02 bits per heavy atom. The summed E-state index contributed by atoms with van der Waals surface area (Å²) < 4.78 is 0. The SMILES string of the molecule is C=C(/C=C\C)CC(C1CC2=C(C3Sc4cc(C5=CCCC=C5)ccc4C3CC2)C2CC(C(CCO)c3ccccc3)C=CN21)N(C)CC. The predicted molar refractivity (Wildman–Crippen MR) is 204 cm³/mol. The van der Waals surface area contributed by atoms with Gasteiger partial charge in [0.15, 0.2) is 0 Å². The van der Waals surface area contributed by atoms with Gasteiger partial charge < -0.3 is 14.9 Å². The van der Waals surface area contributed by atoms with E-state index in [1.165, 1.54) is 40.0 Å². The third-order valence-corrected chi connectivity index (χ3v) is 13.4. The molecule has 1 N–H and O–H groups in total. The van der Waals surface area contributed by atoms with E-state index >= 15 is 0 Å². The molecule has 7 atom stereocenters. The molecule has 3 aliphatic heterocycles. The molecule has 3 heterocycles. The predicted octanol–water partition coefficient (Wildman–Crippen LogP) is 10.1. The zero-order valence-corrected chi connectivity index (χ0v) is 30.0. The van der Waals surface area contributed by atoms with Gasteiger partial charge in [0.2, 0.25) is 0 Å². The Balaban J connectivity index is 1.27. The Morgan fingerprint density at radius 1 is 1.17 bits per heavy atom. The maximum Gasteiger partial charge on any atom is 0.0520 e. The van der Waals surface area contributed by atoms with Crippen molar-refractivity contribution >= 4 is 17.3 Å². The van der Waals surface area contributed by atoms with Crippen LogP contribution >= 0.6 is 11.8 Å². The summed E-state index contributed by atoms with van der Waals surface area (Å²) in [6.45, 7) is 10.1. The monoisotopic (exact) mass is 658 g/mol. The largest absolute Gasteiger partial charge is 0.396 e. The van der Waals surface area contributed by atoms with Crippen molar-refractivity contribution in [3.05, 3.63) is 131 Å². The number of rotatable bonds is 11. The van der Waals surface area contributed by atoms with Gasteiger partial charge in [-0.3, -0.25) is 0 Å². The van der Waals surface area contributed by atoms with Crippen molar-refractivity contribution in [2.24, 2.45) is 5.92 Å². The summed E-state index contributed by atoms with van der Waals surface area (Å²) >= 11 is 2.16. The zero-order chi connectivity index (χ0) is 33.2. The fraction of sp³-hybridized carbons (Fsp3) is 0.455. The highest BCUT2D eigenvalue weighted by Gasteiger charge is 2.49. The summed E-state index contributed by atoms with van der Waals surface area (Å²) in [6, 6.07) is 19.5. The lowest BCUT2D eigenvalue weighted by Crippen LogP contribution is -2.57. The molecule has 3 nitrogen and oxygen atoms in total. The first-order chi connectivity index (χ1) is 23.5. The van der Waals surface area contributed by atoms with Crippen LogP contribution in [0.15, 0.2) is 119 Å². The zero-order valence-electron chi connectivity index (χ0n) is 29.2. The lowest BCUT2D eigenvalue weighted by Gasteiger charge is -2.54. The van der Waals surface area contributed by atoms with E-state index in [0.717, 1.165) is 45.1 Å². The second kappa shape index (κ2) is 14.8. The molecule has 2 aliphatic carbocycles.